The summed E-state index contributed by atoms with van der Waals surface area (Å²) in [5, 5.41) is 8.22. The molecule has 1 saturated carbocycles. The first-order chi connectivity index (χ1) is 16.0. The summed E-state index contributed by atoms with van der Waals surface area (Å²) in [7, 11) is 1.58. The van der Waals surface area contributed by atoms with Crippen LogP contribution in [0.4, 0.5) is 13.6 Å². The number of ether oxygens (including phenoxy) is 1. The molecule has 3 aromatic rings. The monoisotopic (exact) mass is 473 g/mol. The van der Waals surface area contributed by atoms with Crippen molar-refractivity contribution in [2.24, 2.45) is 0 Å². The molecule has 182 valence electrons. The second-order valence-electron chi connectivity index (χ2n) is 9.70. The smallest absolute Gasteiger partial charge is 0.410 e. The molecule has 0 unspecified atom stereocenters. The van der Waals surface area contributed by atoms with Crippen molar-refractivity contribution in [3.8, 4) is 11.6 Å². The Hall–Kier alpha value is -3.30. The van der Waals surface area contributed by atoms with E-state index in [9.17, 15) is 13.6 Å². The Labute approximate surface area is 196 Å². The second kappa shape index (κ2) is 8.81. The standard InChI is InChI=1S/C24H29F2N5O3/c1-15-8-6-7-9-16(15)24(10-11-24)21-27-20(34-29-21)18-14-17(19(25)26)28-31(18)13-12-30(5)22(32)33-23(2,3)4/h6-9,14,19H,10-13H2,1-5H3. The summed E-state index contributed by atoms with van der Waals surface area (Å²) in [6.45, 7) is 7.71. The largest absolute Gasteiger partial charge is 0.444 e. The predicted octanol–water partition coefficient (Wildman–Crippen LogP) is 5.13. The SMILES string of the molecule is Cc1ccccc1C1(c2noc(-c3cc(C(F)F)nn3CCN(C)C(=O)OC(C)(C)C)n2)CC1. The third-order valence-electron chi connectivity index (χ3n) is 5.86. The van der Waals surface area contributed by atoms with E-state index in [2.05, 4.69) is 21.3 Å². The molecule has 1 aromatic carbocycles. The number of nitrogens with zero attached hydrogens (tertiary/aromatic N) is 5. The number of hydrogen-bond acceptors (Lipinski definition) is 6. The van der Waals surface area contributed by atoms with Crippen molar-refractivity contribution in [1.29, 1.82) is 0 Å². The van der Waals surface area contributed by atoms with Gasteiger partial charge in [0.1, 0.15) is 17.0 Å². The van der Waals surface area contributed by atoms with Crippen LogP contribution in [0.3, 0.4) is 0 Å². The summed E-state index contributed by atoms with van der Waals surface area (Å²) in [4.78, 5) is 18.2. The molecule has 2 aromatic heterocycles. The zero-order chi connectivity index (χ0) is 24.7. The Kier molecular flexibility index (Phi) is 6.18. The quantitative estimate of drug-likeness (QED) is 0.473. The first kappa shape index (κ1) is 23.8. The van der Waals surface area contributed by atoms with Crippen LogP contribution in [0.1, 0.15) is 62.7 Å². The maximum absolute atomic E-state index is 13.4. The molecule has 0 saturated heterocycles. The maximum Gasteiger partial charge on any atom is 0.410 e. The van der Waals surface area contributed by atoms with Gasteiger partial charge in [-0.3, -0.25) is 4.68 Å². The van der Waals surface area contributed by atoms with Crippen molar-refractivity contribution in [3.63, 3.8) is 0 Å². The lowest BCUT2D eigenvalue weighted by Gasteiger charge is -2.24. The summed E-state index contributed by atoms with van der Waals surface area (Å²) < 4.78 is 39.1. The summed E-state index contributed by atoms with van der Waals surface area (Å²) in [5.74, 6) is 0.656. The molecule has 4 rings (SSSR count). The molecule has 0 atom stereocenters. The van der Waals surface area contributed by atoms with Crippen LogP contribution >= 0.6 is 0 Å². The zero-order valence-electron chi connectivity index (χ0n) is 20.0. The predicted molar refractivity (Wildman–Crippen MR) is 121 cm³/mol. The molecule has 1 fully saturated rings. The highest BCUT2D eigenvalue weighted by Gasteiger charge is 2.50. The number of carbonyl (C=O) groups excluding carboxylic acids is 1. The van der Waals surface area contributed by atoms with Gasteiger partial charge >= 0.3 is 6.09 Å². The van der Waals surface area contributed by atoms with Crippen molar-refractivity contribution in [2.75, 3.05) is 13.6 Å². The van der Waals surface area contributed by atoms with Gasteiger partial charge in [0, 0.05) is 13.6 Å². The molecule has 0 N–H and O–H groups in total. The summed E-state index contributed by atoms with van der Waals surface area (Å²) in [5.41, 5.74) is 1.22. The van der Waals surface area contributed by atoms with Gasteiger partial charge in [-0.1, -0.05) is 29.4 Å². The highest BCUT2D eigenvalue weighted by Crippen LogP contribution is 2.53. The topological polar surface area (TPSA) is 86.3 Å². The third-order valence-corrected chi connectivity index (χ3v) is 5.86. The molecule has 1 amide bonds. The van der Waals surface area contributed by atoms with Gasteiger partial charge in [-0.05, 0) is 57.7 Å². The van der Waals surface area contributed by atoms with Crippen LogP contribution < -0.4 is 0 Å². The number of carbonyl (C=O) groups is 1. The minimum Gasteiger partial charge on any atom is -0.444 e. The third kappa shape index (κ3) is 4.80. The van der Waals surface area contributed by atoms with Crippen LogP contribution in [0.5, 0.6) is 0 Å². The Bertz CT molecular complexity index is 1180. The summed E-state index contributed by atoms with van der Waals surface area (Å²) >= 11 is 0. The van der Waals surface area contributed by atoms with Crippen molar-refractivity contribution in [2.45, 2.75) is 64.5 Å². The van der Waals surface area contributed by atoms with Crippen LogP contribution in [-0.4, -0.2) is 50.1 Å². The molecule has 2 heterocycles. The summed E-state index contributed by atoms with van der Waals surface area (Å²) in [6.07, 6.45) is -1.49. The van der Waals surface area contributed by atoms with Crippen LogP contribution in [-0.2, 0) is 16.7 Å². The van der Waals surface area contributed by atoms with Crippen LogP contribution in [0, 0.1) is 6.92 Å². The Balaban J connectivity index is 1.58. The van der Waals surface area contributed by atoms with Gasteiger partial charge in [0.2, 0.25) is 0 Å². The van der Waals surface area contributed by atoms with Crippen molar-refractivity contribution >= 4 is 6.09 Å². The van der Waals surface area contributed by atoms with Gasteiger partial charge in [0.15, 0.2) is 5.82 Å². The molecule has 1 aliphatic carbocycles. The highest BCUT2D eigenvalue weighted by atomic mass is 19.3. The fraction of sp³-hybridized carbons (Fsp3) is 0.500. The molecular formula is C24H29F2N5O3. The molecule has 0 bridgehead atoms. The van der Waals surface area contributed by atoms with E-state index in [4.69, 9.17) is 9.26 Å². The number of aryl methyl sites for hydroxylation is 1. The molecular weight excluding hydrogens is 444 g/mol. The van der Waals surface area contributed by atoms with Gasteiger partial charge in [-0.2, -0.15) is 10.1 Å². The first-order valence-electron chi connectivity index (χ1n) is 11.2. The van der Waals surface area contributed by atoms with E-state index in [1.54, 1.807) is 27.8 Å². The molecule has 34 heavy (non-hydrogen) atoms. The number of likely N-dealkylation sites (N-methyl/N-ethyl adjacent to an activating group) is 1. The minimum atomic E-state index is -2.76. The Morgan fingerprint density at radius 1 is 1.29 bits per heavy atom. The Morgan fingerprint density at radius 2 is 2.00 bits per heavy atom. The van der Waals surface area contributed by atoms with Crippen LogP contribution in [0.25, 0.3) is 11.6 Å². The van der Waals surface area contributed by atoms with E-state index < -0.39 is 23.8 Å². The fourth-order valence-electron chi connectivity index (χ4n) is 3.93. The maximum atomic E-state index is 13.4. The number of benzene rings is 1. The molecule has 0 spiro atoms. The number of alkyl halides is 2. The van der Waals surface area contributed by atoms with E-state index in [-0.39, 0.29) is 30.1 Å². The molecule has 8 nitrogen and oxygen atoms in total. The summed E-state index contributed by atoms with van der Waals surface area (Å²) in [6, 6.07) is 9.32. The highest BCUT2D eigenvalue weighted by molar-refractivity contribution is 5.67. The van der Waals surface area contributed by atoms with Crippen molar-refractivity contribution in [1.82, 2.24) is 24.8 Å². The molecule has 0 radical (unpaired) electrons. The van der Waals surface area contributed by atoms with Crippen molar-refractivity contribution < 1.29 is 22.8 Å². The average molecular weight is 474 g/mol. The van der Waals surface area contributed by atoms with Crippen LogP contribution in [0.15, 0.2) is 34.9 Å². The average Bonchev–Trinajstić information content (AvgIpc) is 3.20. The van der Waals surface area contributed by atoms with Gasteiger partial charge in [-0.25, -0.2) is 13.6 Å². The molecule has 1 aliphatic rings. The van der Waals surface area contributed by atoms with Gasteiger partial charge in [0.25, 0.3) is 12.3 Å². The second-order valence-corrected chi connectivity index (χ2v) is 9.70. The van der Waals surface area contributed by atoms with E-state index in [0.29, 0.717) is 5.82 Å². The lowest BCUT2D eigenvalue weighted by atomic mass is 9.91. The van der Waals surface area contributed by atoms with E-state index in [1.165, 1.54) is 15.6 Å². The number of halogens is 2. The first-order valence-corrected chi connectivity index (χ1v) is 11.2. The van der Waals surface area contributed by atoms with Gasteiger partial charge in [-0.15, -0.1) is 0 Å². The van der Waals surface area contributed by atoms with E-state index >= 15 is 0 Å². The lowest BCUT2D eigenvalue weighted by Crippen LogP contribution is -2.36. The number of rotatable bonds is 7. The molecule has 10 heteroatoms. The number of hydrogen-bond donors (Lipinski definition) is 0. The van der Waals surface area contributed by atoms with E-state index in [0.717, 1.165) is 24.0 Å². The van der Waals surface area contributed by atoms with Gasteiger partial charge in [0.05, 0.1) is 12.0 Å². The van der Waals surface area contributed by atoms with E-state index in [1.807, 2.05) is 25.1 Å². The zero-order valence-corrected chi connectivity index (χ0v) is 20.0. The van der Waals surface area contributed by atoms with Gasteiger partial charge < -0.3 is 14.2 Å². The van der Waals surface area contributed by atoms with Crippen LogP contribution in [0.2, 0.25) is 0 Å². The normalized spacial score (nSPS) is 14.9. The fourth-order valence-corrected chi connectivity index (χ4v) is 3.93. The lowest BCUT2D eigenvalue weighted by molar-refractivity contribution is 0.0292. The number of amides is 1. The number of aromatic nitrogens is 4. The Morgan fingerprint density at radius 3 is 2.62 bits per heavy atom. The minimum absolute atomic E-state index is 0.120. The van der Waals surface area contributed by atoms with Crippen molar-refractivity contribution in [3.05, 3.63) is 53.0 Å². The molecule has 0 aliphatic heterocycles.